The van der Waals surface area contributed by atoms with Gasteiger partial charge in [0.2, 0.25) is 0 Å². The highest BCUT2D eigenvalue weighted by molar-refractivity contribution is 5.86. The molecule has 1 atom stereocenters. The van der Waals surface area contributed by atoms with Crippen LogP contribution in [-0.4, -0.2) is 40.3 Å². The van der Waals surface area contributed by atoms with Gasteiger partial charge in [-0.3, -0.25) is 9.78 Å². The normalized spacial score (nSPS) is 11.1. The highest BCUT2D eigenvalue weighted by atomic mass is 16.1. The van der Waals surface area contributed by atoms with E-state index in [1.165, 1.54) is 10.2 Å². The number of nitrogens with zero attached hydrogens (tertiary/aromatic N) is 4. The van der Waals surface area contributed by atoms with E-state index in [2.05, 4.69) is 32.4 Å². The molecule has 0 aliphatic rings. The van der Waals surface area contributed by atoms with Crippen molar-refractivity contribution in [3.63, 3.8) is 0 Å². The third-order valence-corrected chi connectivity index (χ3v) is 4.08. The van der Waals surface area contributed by atoms with Gasteiger partial charge in [0.15, 0.2) is 5.82 Å². The number of benzene rings is 1. The van der Waals surface area contributed by atoms with E-state index in [9.17, 15) is 4.79 Å². The summed E-state index contributed by atoms with van der Waals surface area (Å²) in [6.45, 7) is 8.66. The van der Waals surface area contributed by atoms with E-state index in [1.807, 2.05) is 60.0 Å². The molecule has 1 unspecified atom stereocenters. The van der Waals surface area contributed by atoms with Gasteiger partial charge in [-0.1, -0.05) is 58.0 Å². The van der Waals surface area contributed by atoms with Crippen LogP contribution in [0.3, 0.4) is 0 Å². The van der Waals surface area contributed by atoms with Gasteiger partial charge >= 0.3 is 0 Å². The maximum absolute atomic E-state index is 12.2. The first-order valence-electron chi connectivity index (χ1n) is 9.85. The predicted octanol–water partition coefficient (Wildman–Crippen LogP) is 4.10. The minimum Gasteiger partial charge on any atom is -0.365 e. The minimum atomic E-state index is -0.143. The van der Waals surface area contributed by atoms with Gasteiger partial charge in [0, 0.05) is 19.8 Å². The highest BCUT2D eigenvalue weighted by Crippen LogP contribution is 2.20. The largest absolute Gasteiger partial charge is 0.365 e. The summed E-state index contributed by atoms with van der Waals surface area (Å²) >= 11 is 0. The van der Waals surface area contributed by atoms with Crippen LogP contribution in [0.2, 0.25) is 0 Å². The van der Waals surface area contributed by atoms with E-state index in [4.69, 9.17) is 0 Å². The summed E-state index contributed by atoms with van der Waals surface area (Å²) in [5, 5.41) is 8.27. The molecule has 2 aromatic heterocycles. The quantitative estimate of drug-likeness (QED) is 0.719. The van der Waals surface area contributed by atoms with Crippen molar-refractivity contribution in [2.75, 3.05) is 26.0 Å². The number of rotatable bonds is 5. The van der Waals surface area contributed by atoms with Crippen molar-refractivity contribution < 1.29 is 0 Å². The Bertz CT molecular complexity index is 890. The first kappa shape index (κ1) is 23.3. The first-order valence-corrected chi connectivity index (χ1v) is 9.85. The Kier molecular flexibility index (Phi) is 9.88. The molecule has 0 amide bonds. The zero-order chi connectivity index (χ0) is 21.1. The fourth-order valence-corrected chi connectivity index (χ4v) is 2.77. The monoisotopic (exact) mass is 383 g/mol. The molecule has 6 heteroatoms. The van der Waals surface area contributed by atoms with E-state index in [0.717, 1.165) is 0 Å². The Hall–Kier alpha value is -2.73. The summed E-state index contributed by atoms with van der Waals surface area (Å²) < 4.78 is 1.35. The lowest BCUT2D eigenvalue weighted by molar-refractivity contribution is 0.311. The molecule has 0 bridgehead atoms. The maximum atomic E-state index is 12.2. The van der Waals surface area contributed by atoms with E-state index in [-0.39, 0.29) is 11.6 Å². The number of fused-ring (bicyclic) bond motifs is 1. The molecule has 2 heterocycles. The Labute approximate surface area is 168 Å². The molecule has 0 fully saturated rings. The number of likely N-dealkylation sites (N-methyl/N-ethyl adjacent to an activating group) is 1. The van der Waals surface area contributed by atoms with Crippen molar-refractivity contribution in [3.05, 3.63) is 64.6 Å². The summed E-state index contributed by atoms with van der Waals surface area (Å²) in [5.74, 6) is 0.621. The van der Waals surface area contributed by atoms with Crippen LogP contribution in [0.4, 0.5) is 5.82 Å². The summed E-state index contributed by atoms with van der Waals surface area (Å²) in [5.41, 5.74) is 1.68. The van der Waals surface area contributed by atoms with Gasteiger partial charge < -0.3 is 10.2 Å². The Morgan fingerprint density at radius 1 is 1.04 bits per heavy atom. The molecule has 3 rings (SSSR count). The molecular formula is C22H33N5O. The molecule has 1 N–H and O–H groups in total. The Balaban J connectivity index is 0.000000921. The average molecular weight is 384 g/mol. The third-order valence-electron chi connectivity index (χ3n) is 4.08. The maximum Gasteiger partial charge on any atom is 0.276 e. The average Bonchev–Trinajstić information content (AvgIpc) is 2.75. The molecule has 0 saturated heterocycles. The number of hydrogen-bond acceptors (Lipinski definition) is 5. The molecule has 0 spiro atoms. The van der Waals surface area contributed by atoms with Gasteiger partial charge in [-0.05, 0) is 31.8 Å². The van der Waals surface area contributed by atoms with Crippen LogP contribution in [0.5, 0.6) is 0 Å². The van der Waals surface area contributed by atoms with Crippen LogP contribution in [0.1, 0.15) is 39.3 Å². The highest BCUT2D eigenvalue weighted by Gasteiger charge is 2.16. The van der Waals surface area contributed by atoms with E-state index < -0.39 is 0 Å². The standard InChI is InChI=1S/C18H21N5O.2C2H6/c1-22(2)15(13-8-5-4-6-9-13)12-20-17-16-14(10-7-11-19-16)18(24)23(3)21-17;2*1-2/h4-11,15H,12H2,1-3H3,(H,20,21);2*1-2H3. The predicted molar refractivity (Wildman–Crippen MR) is 119 cm³/mol. The van der Waals surface area contributed by atoms with Gasteiger partial charge in [0.25, 0.3) is 5.56 Å². The lowest BCUT2D eigenvalue weighted by Crippen LogP contribution is -2.28. The summed E-state index contributed by atoms with van der Waals surface area (Å²) in [6.07, 6.45) is 1.68. The molecule has 0 aliphatic carbocycles. The zero-order valence-electron chi connectivity index (χ0n) is 18.1. The molecule has 1 aromatic carbocycles. The van der Waals surface area contributed by atoms with Crippen LogP contribution in [0, 0.1) is 0 Å². The van der Waals surface area contributed by atoms with Gasteiger partial charge in [-0.25, -0.2) is 4.68 Å². The van der Waals surface area contributed by atoms with Crippen LogP contribution < -0.4 is 10.9 Å². The summed E-state index contributed by atoms with van der Waals surface area (Å²) in [7, 11) is 5.74. The molecule has 0 aliphatic heterocycles. The first-order chi connectivity index (χ1) is 13.6. The van der Waals surface area contributed by atoms with Crippen molar-refractivity contribution in [1.29, 1.82) is 0 Å². The third kappa shape index (κ3) is 5.63. The molecular weight excluding hydrogens is 350 g/mol. The second-order valence-corrected chi connectivity index (χ2v) is 5.95. The number of hydrogen-bond donors (Lipinski definition) is 1. The van der Waals surface area contributed by atoms with Crippen molar-refractivity contribution in [2.45, 2.75) is 33.7 Å². The van der Waals surface area contributed by atoms with Gasteiger partial charge in [-0.2, -0.15) is 5.10 Å². The Morgan fingerprint density at radius 3 is 2.29 bits per heavy atom. The second-order valence-electron chi connectivity index (χ2n) is 5.95. The molecule has 0 saturated carbocycles. The minimum absolute atomic E-state index is 0.143. The van der Waals surface area contributed by atoms with Crippen molar-refractivity contribution >= 4 is 16.7 Å². The summed E-state index contributed by atoms with van der Waals surface area (Å²) in [6, 6.07) is 14.0. The van der Waals surface area contributed by atoms with E-state index in [1.54, 1.807) is 25.4 Å². The number of anilines is 1. The molecule has 6 nitrogen and oxygen atoms in total. The molecule has 152 valence electrons. The summed E-state index contributed by atoms with van der Waals surface area (Å²) in [4.78, 5) is 18.7. The van der Waals surface area contributed by atoms with Crippen LogP contribution in [0.25, 0.3) is 10.9 Å². The van der Waals surface area contributed by atoms with Crippen molar-refractivity contribution in [2.24, 2.45) is 7.05 Å². The zero-order valence-corrected chi connectivity index (χ0v) is 18.1. The number of aromatic nitrogens is 3. The smallest absolute Gasteiger partial charge is 0.276 e. The van der Waals surface area contributed by atoms with Crippen LogP contribution in [-0.2, 0) is 7.05 Å². The van der Waals surface area contributed by atoms with Gasteiger partial charge in [0.1, 0.15) is 5.52 Å². The number of nitrogens with one attached hydrogen (secondary N) is 1. The van der Waals surface area contributed by atoms with Crippen LogP contribution >= 0.6 is 0 Å². The van der Waals surface area contributed by atoms with Crippen molar-refractivity contribution in [3.8, 4) is 0 Å². The number of aryl methyl sites for hydroxylation is 1. The molecule has 0 radical (unpaired) electrons. The lowest BCUT2D eigenvalue weighted by atomic mass is 10.1. The molecule has 28 heavy (non-hydrogen) atoms. The fourth-order valence-electron chi connectivity index (χ4n) is 2.77. The Morgan fingerprint density at radius 2 is 1.68 bits per heavy atom. The number of pyridine rings is 1. The van der Waals surface area contributed by atoms with Gasteiger partial charge in [0.05, 0.1) is 11.4 Å². The second kappa shape index (κ2) is 11.9. The lowest BCUT2D eigenvalue weighted by Gasteiger charge is -2.25. The SMILES string of the molecule is CC.CC.CN(C)C(CNc1nn(C)c(=O)c2cccnc12)c1ccccc1. The topological polar surface area (TPSA) is 63.1 Å². The van der Waals surface area contributed by atoms with E-state index in [0.29, 0.717) is 23.3 Å². The van der Waals surface area contributed by atoms with Crippen molar-refractivity contribution in [1.82, 2.24) is 19.7 Å². The van der Waals surface area contributed by atoms with Gasteiger partial charge in [-0.15, -0.1) is 0 Å². The molecule has 3 aromatic rings. The van der Waals surface area contributed by atoms with E-state index >= 15 is 0 Å². The fraction of sp³-hybridized carbons (Fsp3) is 0.409. The van der Waals surface area contributed by atoms with Crippen LogP contribution in [0.15, 0.2) is 53.5 Å².